The van der Waals surface area contributed by atoms with Gasteiger partial charge in [0.2, 0.25) is 0 Å². The van der Waals surface area contributed by atoms with E-state index in [9.17, 15) is 9.59 Å². The lowest BCUT2D eigenvalue weighted by molar-refractivity contribution is -0.149. The van der Waals surface area contributed by atoms with Crippen LogP contribution in [0, 0.1) is 5.92 Å². The number of hydrogen-bond donors (Lipinski definition) is 0. The summed E-state index contributed by atoms with van der Waals surface area (Å²) in [6.45, 7) is 5.57. The molecule has 4 rings (SSSR count). The molecule has 0 spiro atoms. The van der Waals surface area contributed by atoms with E-state index in [2.05, 4.69) is 17.0 Å². The third-order valence-electron chi connectivity index (χ3n) is 6.55. The van der Waals surface area contributed by atoms with Crippen molar-refractivity contribution in [3.63, 3.8) is 0 Å². The number of esters is 1. The van der Waals surface area contributed by atoms with Gasteiger partial charge in [-0.3, -0.25) is 9.59 Å². The van der Waals surface area contributed by atoms with Gasteiger partial charge in [0.15, 0.2) is 0 Å². The lowest BCUT2D eigenvalue weighted by Crippen LogP contribution is -2.40. The molecule has 0 N–H and O–H groups in total. The number of amides is 1. The Morgan fingerprint density at radius 1 is 0.906 bits per heavy atom. The predicted molar refractivity (Wildman–Crippen MR) is 126 cm³/mol. The third kappa shape index (κ3) is 5.29. The zero-order valence-corrected chi connectivity index (χ0v) is 19.0. The highest BCUT2D eigenvalue weighted by Crippen LogP contribution is 2.25. The van der Waals surface area contributed by atoms with Crippen LogP contribution >= 0.6 is 0 Å². The predicted octanol–water partition coefficient (Wildman–Crippen LogP) is 4.54. The Hall–Kier alpha value is -2.89. The van der Waals surface area contributed by atoms with Crippen LogP contribution in [0.25, 0.3) is 11.1 Å². The van der Waals surface area contributed by atoms with Gasteiger partial charge in [-0.1, -0.05) is 25.0 Å². The van der Waals surface area contributed by atoms with Gasteiger partial charge < -0.3 is 14.5 Å². The van der Waals surface area contributed by atoms with Gasteiger partial charge in [0.05, 0.1) is 12.5 Å². The monoisotopic (exact) mass is 435 g/mol. The Balaban J connectivity index is 1.36. The summed E-state index contributed by atoms with van der Waals surface area (Å²) in [7, 11) is 0. The lowest BCUT2D eigenvalue weighted by Gasteiger charge is -2.31. The number of benzene rings is 1. The molecule has 0 saturated carbocycles. The van der Waals surface area contributed by atoms with Crippen molar-refractivity contribution in [2.45, 2.75) is 45.4 Å². The van der Waals surface area contributed by atoms with Gasteiger partial charge in [0.1, 0.15) is 5.82 Å². The van der Waals surface area contributed by atoms with Crippen LogP contribution in [0.3, 0.4) is 0 Å². The molecule has 3 heterocycles. The first-order chi connectivity index (χ1) is 15.7. The number of carbonyl (C=O) groups excluding carboxylic acids is 2. The fourth-order valence-electron chi connectivity index (χ4n) is 4.61. The zero-order valence-electron chi connectivity index (χ0n) is 19.0. The topological polar surface area (TPSA) is 62.7 Å². The molecule has 1 amide bonds. The van der Waals surface area contributed by atoms with Crippen molar-refractivity contribution in [3.8, 4) is 11.1 Å². The van der Waals surface area contributed by atoms with Gasteiger partial charge in [0, 0.05) is 43.5 Å². The van der Waals surface area contributed by atoms with Crippen molar-refractivity contribution < 1.29 is 14.3 Å². The minimum absolute atomic E-state index is 0.0218. The summed E-state index contributed by atoms with van der Waals surface area (Å²) < 4.78 is 5.11. The molecule has 2 aromatic rings. The quantitative estimate of drug-likeness (QED) is 0.645. The van der Waals surface area contributed by atoms with Crippen molar-refractivity contribution in [1.29, 1.82) is 0 Å². The van der Waals surface area contributed by atoms with E-state index in [0.717, 1.165) is 30.0 Å². The Morgan fingerprint density at radius 2 is 1.56 bits per heavy atom. The molecule has 0 unspecified atom stereocenters. The Labute approximate surface area is 190 Å². The minimum Gasteiger partial charge on any atom is -0.466 e. The summed E-state index contributed by atoms with van der Waals surface area (Å²) >= 11 is 0. The van der Waals surface area contributed by atoms with Crippen molar-refractivity contribution in [2.24, 2.45) is 5.92 Å². The SMILES string of the molecule is CCOC(=O)C1CCN(C(=O)c2ccc(-c3ccc(N4CCCCCC4)nc3)cc2)CC1. The molecule has 170 valence electrons. The average molecular weight is 436 g/mol. The standard InChI is InChI=1S/C26H33N3O3/c1-2-32-26(31)22-13-17-29(18-14-22)25(30)21-9-7-20(8-10-21)23-11-12-24(27-19-23)28-15-5-3-4-6-16-28/h7-12,19,22H,2-6,13-18H2,1H3. The molecule has 1 aromatic heterocycles. The van der Waals surface area contributed by atoms with Gasteiger partial charge in [-0.25, -0.2) is 4.98 Å². The molecule has 2 aliphatic rings. The number of piperidine rings is 1. The second-order valence-corrected chi connectivity index (χ2v) is 8.70. The van der Waals surface area contributed by atoms with Crippen LogP contribution in [-0.2, 0) is 9.53 Å². The maximum Gasteiger partial charge on any atom is 0.309 e. The van der Waals surface area contributed by atoms with E-state index in [1.807, 2.05) is 42.3 Å². The second kappa shape index (κ2) is 10.6. The summed E-state index contributed by atoms with van der Waals surface area (Å²) in [5.74, 6) is 0.841. The van der Waals surface area contributed by atoms with Crippen molar-refractivity contribution in [2.75, 3.05) is 37.7 Å². The number of hydrogen-bond acceptors (Lipinski definition) is 5. The Bertz CT molecular complexity index is 895. The first-order valence-corrected chi connectivity index (χ1v) is 11.9. The number of pyridine rings is 1. The molecular weight excluding hydrogens is 402 g/mol. The normalized spacial score (nSPS) is 17.7. The van der Waals surface area contributed by atoms with Gasteiger partial charge in [0.25, 0.3) is 5.91 Å². The van der Waals surface area contributed by atoms with Crippen LogP contribution < -0.4 is 4.90 Å². The Kier molecular flexibility index (Phi) is 7.40. The molecule has 0 aliphatic carbocycles. The number of nitrogens with zero attached hydrogens (tertiary/aromatic N) is 3. The maximum atomic E-state index is 12.9. The fraction of sp³-hybridized carbons (Fsp3) is 0.500. The van der Waals surface area contributed by atoms with E-state index in [4.69, 9.17) is 9.72 Å². The van der Waals surface area contributed by atoms with E-state index in [-0.39, 0.29) is 17.8 Å². The first kappa shape index (κ1) is 22.3. The van der Waals surface area contributed by atoms with Crippen molar-refractivity contribution in [1.82, 2.24) is 9.88 Å². The summed E-state index contributed by atoms with van der Waals surface area (Å²) in [5, 5.41) is 0. The summed E-state index contributed by atoms with van der Waals surface area (Å²) in [5.41, 5.74) is 2.78. The van der Waals surface area contributed by atoms with Gasteiger partial charge in [-0.2, -0.15) is 0 Å². The van der Waals surface area contributed by atoms with Gasteiger partial charge in [-0.05, 0) is 62.4 Å². The number of ether oxygens (including phenoxy) is 1. The van der Waals surface area contributed by atoms with Crippen LogP contribution in [0.1, 0.15) is 55.8 Å². The van der Waals surface area contributed by atoms with Crippen LogP contribution in [0.4, 0.5) is 5.82 Å². The van der Waals surface area contributed by atoms with E-state index >= 15 is 0 Å². The van der Waals surface area contributed by atoms with E-state index in [1.165, 1.54) is 25.7 Å². The molecule has 2 fully saturated rings. The summed E-state index contributed by atoms with van der Waals surface area (Å²) in [4.78, 5) is 33.7. The molecule has 0 bridgehead atoms. The molecular formula is C26H33N3O3. The second-order valence-electron chi connectivity index (χ2n) is 8.70. The van der Waals surface area contributed by atoms with E-state index < -0.39 is 0 Å². The lowest BCUT2D eigenvalue weighted by atomic mass is 9.96. The molecule has 32 heavy (non-hydrogen) atoms. The van der Waals surface area contributed by atoms with E-state index in [1.54, 1.807) is 0 Å². The van der Waals surface area contributed by atoms with E-state index in [0.29, 0.717) is 38.1 Å². The molecule has 2 saturated heterocycles. The third-order valence-corrected chi connectivity index (χ3v) is 6.55. The first-order valence-electron chi connectivity index (χ1n) is 11.9. The highest BCUT2D eigenvalue weighted by atomic mass is 16.5. The number of rotatable bonds is 5. The number of anilines is 1. The molecule has 6 nitrogen and oxygen atoms in total. The Morgan fingerprint density at radius 3 is 2.16 bits per heavy atom. The van der Waals surface area contributed by atoms with Crippen molar-refractivity contribution >= 4 is 17.7 Å². The number of carbonyl (C=O) groups is 2. The smallest absolute Gasteiger partial charge is 0.309 e. The molecule has 0 atom stereocenters. The zero-order chi connectivity index (χ0) is 22.3. The highest BCUT2D eigenvalue weighted by molar-refractivity contribution is 5.95. The fourth-order valence-corrected chi connectivity index (χ4v) is 4.61. The van der Waals surface area contributed by atoms with Gasteiger partial charge in [-0.15, -0.1) is 0 Å². The average Bonchev–Trinajstić information content (AvgIpc) is 3.14. The van der Waals surface area contributed by atoms with Gasteiger partial charge >= 0.3 is 5.97 Å². The summed E-state index contributed by atoms with van der Waals surface area (Å²) in [6, 6.07) is 12.0. The van der Waals surface area contributed by atoms with Crippen molar-refractivity contribution in [3.05, 3.63) is 48.2 Å². The number of likely N-dealkylation sites (tertiary alicyclic amines) is 1. The molecule has 2 aliphatic heterocycles. The van der Waals surface area contributed by atoms with Crippen LogP contribution in [0.15, 0.2) is 42.6 Å². The largest absolute Gasteiger partial charge is 0.466 e. The van der Waals surface area contributed by atoms with Crippen LogP contribution in [0.2, 0.25) is 0 Å². The molecule has 6 heteroatoms. The minimum atomic E-state index is -0.139. The molecule has 1 aromatic carbocycles. The summed E-state index contributed by atoms with van der Waals surface area (Å²) in [6.07, 6.45) is 8.34. The van der Waals surface area contributed by atoms with Crippen LogP contribution in [-0.4, -0.2) is 54.5 Å². The molecule has 0 radical (unpaired) electrons. The highest BCUT2D eigenvalue weighted by Gasteiger charge is 2.28. The van der Waals surface area contributed by atoms with Crippen LogP contribution in [0.5, 0.6) is 0 Å². The number of aromatic nitrogens is 1. The maximum absolute atomic E-state index is 12.9.